The fraction of sp³-hybridized carbons (Fsp3) is 0.714. The smallest absolute Gasteiger partial charge is 0.240 e. The molecule has 2 amide bonds. The lowest BCUT2D eigenvalue weighted by Gasteiger charge is -2.33. The number of hydrogen-bond acceptors (Lipinski definition) is 4. The van der Waals surface area contributed by atoms with Gasteiger partial charge in [0.25, 0.3) is 0 Å². The lowest BCUT2D eigenvalue weighted by molar-refractivity contribution is -0.128. The first-order chi connectivity index (χ1) is 6.11. The Kier molecular flexibility index (Phi) is 3.56. The van der Waals surface area contributed by atoms with Crippen LogP contribution in [0.5, 0.6) is 0 Å². The highest BCUT2D eigenvalue weighted by atomic mass is 32.2. The summed E-state index contributed by atoms with van der Waals surface area (Å²) in [5, 5.41) is 5.34. The molecule has 0 saturated carbocycles. The van der Waals surface area contributed by atoms with Gasteiger partial charge in [0.05, 0.1) is 5.37 Å². The fourth-order valence-corrected chi connectivity index (χ4v) is 1.93. The van der Waals surface area contributed by atoms with Gasteiger partial charge in [-0.2, -0.15) is 0 Å². The molecule has 0 aromatic heterocycles. The molecule has 1 heterocycles. The summed E-state index contributed by atoms with van der Waals surface area (Å²) in [7, 11) is 0. The van der Waals surface area contributed by atoms with Gasteiger partial charge in [0, 0.05) is 19.2 Å². The highest BCUT2D eigenvalue weighted by molar-refractivity contribution is 8.00. The van der Waals surface area contributed by atoms with Crippen molar-refractivity contribution in [1.29, 1.82) is 0 Å². The highest BCUT2D eigenvalue weighted by Crippen LogP contribution is 2.17. The van der Waals surface area contributed by atoms with Crippen molar-refractivity contribution in [3.05, 3.63) is 0 Å². The van der Waals surface area contributed by atoms with Crippen molar-refractivity contribution in [3.63, 3.8) is 0 Å². The number of nitrogens with one attached hydrogen (secondary N) is 2. The molecular formula is C7H13N3O2S. The van der Waals surface area contributed by atoms with E-state index in [9.17, 15) is 9.59 Å². The van der Waals surface area contributed by atoms with Gasteiger partial charge in [0.1, 0.15) is 6.04 Å². The van der Waals surface area contributed by atoms with Crippen LogP contribution in [0.1, 0.15) is 6.92 Å². The van der Waals surface area contributed by atoms with Crippen molar-refractivity contribution < 1.29 is 9.59 Å². The SMILES string of the molecule is CC(=O)NCCS[C@H]1NC(=O)[C@H]1N. The lowest BCUT2D eigenvalue weighted by atomic mass is 10.2. The molecule has 0 aromatic carbocycles. The zero-order valence-electron chi connectivity index (χ0n) is 7.37. The summed E-state index contributed by atoms with van der Waals surface area (Å²) in [6.07, 6.45) is 0. The van der Waals surface area contributed by atoms with Gasteiger partial charge < -0.3 is 16.4 Å². The van der Waals surface area contributed by atoms with Gasteiger partial charge in [-0.1, -0.05) is 0 Å². The number of rotatable bonds is 4. The second kappa shape index (κ2) is 4.48. The standard InChI is InChI=1S/C7H13N3O2S/c1-4(11)9-2-3-13-7-5(8)6(12)10-7/h5,7H,2-3,8H2,1H3,(H,9,11)(H,10,12)/t5-,7-/m1/s1. The van der Waals surface area contributed by atoms with E-state index in [0.717, 1.165) is 5.75 Å². The molecule has 0 aromatic rings. The second-order valence-corrected chi connectivity index (χ2v) is 4.06. The van der Waals surface area contributed by atoms with Crippen molar-refractivity contribution in [2.45, 2.75) is 18.3 Å². The summed E-state index contributed by atoms with van der Waals surface area (Å²) < 4.78 is 0. The number of hydrogen-bond donors (Lipinski definition) is 3. The van der Waals surface area contributed by atoms with Gasteiger partial charge in [-0.15, -0.1) is 11.8 Å². The Hall–Kier alpha value is -0.750. The van der Waals surface area contributed by atoms with E-state index >= 15 is 0 Å². The zero-order valence-corrected chi connectivity index (χ0v) is 8.19. The molecule has 6 heteroatoms. The van der Waals surface area contributed by atoms with Crippen molar-refractivity contribution in [3.8, 4) is 0 Å². The minimum Gasteiger partial charge on any atom is -0.356 e. The third-order valence-corrected chi connectivity index (χ3v) is 2.90. The monoisotopic (exact) mass is 203 g/mol. The Bertz CT molecular complexity index is 222. The minimum atomic E-state index is -0.387. The molecule has 1 aliphatic rings. The maximum atomic E-state index is 10.7. The van der Waals surface area contributed by atoms with Crippen LogP contribution in [0.4, 0.5) is 0 Å². The number of β-lactam (4-membered cyclic amide) rings is 1. The predicted molar refractivity (Wildman–Crippen MR) is 51.0 cm³/mol. The molecule has 74 valence electrons. The van der Waals surface area contributed by atoms with Crippen LogP contribution < -0.4 is 16.4 Å². The van der Waals surface area contributed by atoms with E-state index < -0.39 is 0 Å². The predicted octanol–water partition coefficient (Wildman–Crippen LogP) is -1.36. The van der Waals surface area contributed by atoms with Crippen LogP contribution in [0.2, 0.25) is 0 Å². The van der Waals surface area contributed by atoms with Crippen LogP contribution in [-0.4, -0.2) is 35.5 Å². The summed E-state index contributed by atoms with van der Waals surface area (Å²) >= 11 is 1.55. The third kappa shape index (κ3) is 2.89. The molecule has 0 spiro atoms. The largest absolute Gasteiger partial charge is 0.356 e. The van der Waals surface area contributed by atoms with E-state index in [1.165, 1.54) is 6.92 Å². The lowest BCUT2D eigenvalue weighted by Crippen LogP contribution is -2.65. The number of nitrogens with two attached hydrogens (primary N) is 1. The molecule has 1 rings (SSSR count). The Morgan fingerprint density at radius 1 is 1.77 bits per heavy atom. The first kappa shape index (κ1) is 10.3. The summed E-state index contributed by atoms with van der Waals surface area (Å²) in [6, 6.07) is -0.387. The van der Waals surface area contributed by atoms with Crippen molar-refractivity contribution in [2.75, 3.05) is 12.3 Å². The van der Waals surface area contributed by atoms with Crippen LogP contribution in [0.3, 0.4) is 0 Å². The summed E-state index contributed by atoms with van der Waals surface area (Å²) in [5.74, 6) is 0.623. The molecule has 0 unspecified atom stereocenters. The van der Waals surface area contributed by atoms with Gasteiger partial charge in [0.15, 0.2) is 0 Å². The molecule has 0 radical (unpaired) electrons. The Morgan fingerprint density at radius 2 is 2.46 bits per heavy atom. The Labute approximate surface area is 80.8 Å². The van der Waals surface area contributed by atoms with E-state index in [0.29, 0.717) is 6.54 Å². The Balaban J connectivity index is 2.01. The minimum absolute atomic E-state index is 0.0151. The maximum Gasteiger partial charge on any atom is 0.240 e. The molecular weight excluding hydrogens is 190 g/mol. The summed E-state index contributed by atoms with van der Waals surface area (Å²) in [4.78, 5) is 21.1. The zero-order chi connectivity index (χ0) is 9.84. The summed E-state index contributed by atoms with van der Waals surface area (Å²) in [6.45, 7) is 2.08. The number of carbonyl (C=O) groups excluding carboxylic acids is 2. The highest BCUT2D eigenvalue weighted by Gasteiger charge is 2.35. The van der Waals surface area contributed by atoms with Crippen LogP contribution in [0.15, 0.2) is 0 Å². The van der Waals surface area contributed by atoms with Crippen LogP contribution >= 0.6 is 11.8 Å². The molecule has 13 heavy (non-hydrogen) atoms. The van der Waals surface area contributed by atoms with Gasteiger partial charge in [-0.3, -0.25) is 9.59 Å². The van der Waals surface area contributed by atoms with E-state index in [4.69, 9.17) is 5.73 Å². The maximum absolute atomic E-state index is 10.7. The van der Waals surface area contributed by atoms with E-state index in [2.05, 4.69) is 10.6 Å². The molecule has 4 N–H and O–H groups in total. The first-order valence-corrected chi connectivity index (χ1v) is 5.08. The Morgan fingerprint density at radius 3 is 2.92 bits per heavy atom. The first-order valence-electron chi connectivity index (χ1n) is 4.03. The molecule has 5 nitrogen and oxygen atoms in total. The van der Waals surface area contributed by atoms with Gasteiger partial charge >= 0.3 is 0 Å². The van der Waals surface area contributed by atoms with Crippen molar-refractivity contribution >= 4 is 23.6 Å². The molecule has 0 bridgehead atoms. The average Bonchev–Trinajstić information content (AvgIpc) is 2.09. The third-order valence-electron chi connectivity index (χ3n) is 1.69. The van der Waals surface area contributed by atoms with Gasteiger partial charge in [0.2, 0.25) is 11.8 Å². The number of carbonyl (C=O) groups is 2. The van der Waals surface area contributed by atoms with Crippen LogP contribution in [-0.2, 0) is 9.59 Å². The van der Waals surface area contributed by atoms with E-state index in [1.807, 2.05) is 0 Å². The molecule has 1 aliphatic heterocycles. The molecule has 1 fully saturated rings. The molecule has 1 saturated heterocycles. The van der Waals surface area contributed by atoms with E-state index in [1.54, 1.807) is 11.8 Å². The topological polar surface area (TPSA) is 84.2 Å². The summed E-state index contributed by atoms with van der Waals surface area (Å²) in [5.41, 5.74) is 5.49. The number of thioether (sulfide) groups is 1. The normalized spacial score (nSPS) is 26.2. The van der Waals surface area contributed by atoms with Gasteiger partial charge in [-0.05, 0) is 0 Å². The molecule has 2 atom stereocenters. The molecule has 0 aliphatic carbocycles. The van der Waals surface area contributed by atoms with Crippen LogP contribution in [0.25, 0.3) is 0 Å². The fourth-order valence-electron chi connectivity index (χ4n) is 0.926. The van der Waals surface area contributed by atoms with Crippen LogP contribution in [0, 0.1) is 0 Å². The van der Waals surface area contributed by atoms with E-state index in [-0.39, 0.29) is 23.2 Å². The second-order valence-electron chi connectivity index (χ2n) is 2.81. The van der Waals surface area contributed by atoms with Gasteiger partial charge in [-0.25, -0.2) is 0 Å². The quantitative estimate of drug-likeness (QED) is 0.389. The van der Waals surface area contributed by atoms with Crippen molar-refractivity contribution in [1.82, 2.24) is 10.6 Å². The van der Waals surface area contributed by atoms with Crippen molar-refractivity contribution in [2.24, 2.45) is 5.73 Å². The average molecular weight is 203 g/mol. The number of amides is 2.